The van der Waals surface area contributed by atoms with Gasteiger partial charge in [0.15, 0.2) is 0 Å². The molecule has 2 heterocycles. The zero-order valence-corrected chi connectivity index (χ0v) is 12.5. The van der Waals surface area contributed by atoms with Gasteiger partial charge in [0.25, 0.3) is 0 Å². The van der Waals surface area contributed by atoms with Gasteiger partial charge in [-0.1, -0.05) is 11.6 Å². The third-order valence-electron chi connectivity index (χ3n) is 2.57. The molecule has 0 aromatic carbocycles. The van der Waals surface area contributed by atoms with Crippen LogP contribution in [0.4, 0.5) is 0 Å². The number of nitrogens with zero attached hydrogens (tertiary/aromatic N) is 2. The molecule has 0 aliphatic rings. The molecule has 1 atom stereocenters. The van der Waals surface area contributed by atoms with Gasteiger partial charge in [0, 0.05) is 11.9 Å². The third kappa shape index (κ3) is 2.28. The Morgan fingerprint density at radius 3 is 2.76 bits per heavy atom. The topological polar surface area (TPSA) is 55.9 Å². The van der Waals surface area contributed by atoms with Crippen LogP contribution in [0.5, 0.6) is 0 Å². The van der Waals surface area contributed by atoms with E-state index in [1.165, 1.54) is 0 Å². The van der Waals surface area contributed by atoms with Crippen LogP contribution in [0, 0.1) is 6.92 Å². The van der Waals surface area contributed by atoms with Gasteiger partial charge >= 0.3 is 0 Å². The number of nitrogens with one attached hydrogen (secondary N) is 1. The van der Waals surface area contributed by atoms with E-state index in [0.717, 1.165) is 25.6 Å². The number of aromatic nitrogens is 2. The maximum atomic E-state index is 6.27. The predicted octanol–water partition coefficient (Wildman–Crippen LogP) is 2.76. The van der Waals surface area contributed by atoms with Crippen LogP contribution in [0.3, 0.4) is 0 Å². The summed E-state index contributed by atoms with van der Waals surface area (Å²) < 4.78 is 2.69. The fourth-order valence-corrected chi connectivity index (χ4v) is 3.61. The lowest BCUT2D eigenvalue weighted by molar-refractivity contribution is 0.580. The zero-order valence-electron chi connectivity index (χ0n) is 9.37. The molecular weight excluding hydrogens is 324 g/mol. The second-order valence-electron chi connectivity index (χ2n) is 3.70. The summed E-state index contributed by atoms with van der Waals surface area (Å²) in [6.07, 6.45) is 1.74. The standard InChI is InChI=1S/C10H12BrClN4S/c1-5-4-17-10(7(5)12)8(15-13)9-6(11)3-14-16(9)2/h3-4,8,15H,13H2,1-2H3. The fraction of sp³-hybridized carbons (Fsp3) is 0.300. The number of halogens is 2. The molecule has 0 fully saturated rings. The quantitative estimate of drug-likeness (QED) is 0.670. The second-order valence-corrected chi connectivity index (χ2v) is 5.84. The number of aryl methyl sites for hydroxylation is 2. The van der Waals surface area contributed by atoms with Crippen LogP contribution < -0.4 is 11.3 Å². The highest BCUT2D eigenvalue weighted by atomic mass is 79.9. The van der Waals surface area contributed by atoms with E-state index in [-0.39, 0.29) is 6.04 Å². The summed E-state index contributed by atoms with van der Waals surface area (Å²) >= 11 is 11.3. The van der Waals surface area contributed by atoms with Crippen LogP contribution in [-0.4, -0.2) is 9.78 Å². The van der Waals surface area contributed by atoms with Gasteiger partial charge in [0.2, 0.25) is 0 Å². The molecule has 17 heavy (non-hydrogen) atoms. The first kappa shape index (κ1) is 13.0. The van der Waals surface area contributed by atoms with Crippen molar-refractivity contribution in [3.63, 3.8) is 0 Å². The molecule has 4 nitrogen and oxygen atoms in total. The molecule has 0 amide bonds. The van der Waals surface area contributed by atoms with Gasteiger partial charge in [0.1, 0.15) is 0 Å². The minimum absolute atomic E-state index is 0.164. The summed E-state index contributed by atoms with van der Waals surface area (Å²) in [6.45, 7) is 1.98. The van der Waals surface area contributed by atoms with E-state index >= 15 is 0 Å². The first-order chi connectivity index (χ1) is 8.06. The van der Waals surface area contributed by atoms with Crippen molar-refractivity contribution in [1.82, 2.24) is 15.2 Å². The SMILES string of the molecule is Cc1csc(C(NN)c2c(Br)cnn2C)c1Cl. The summed E-state index contributed by atoms with van der Waals surface area (Å²) in [7, 11) is 1.87. The Labute approximate surface area is 117 Å². The molecule has 0 radical (unpaired) electrons. The third-order valence-corrected chi connectivity index (χ3v) is 4.96. The van der Waals surface area contributed by atoms with Crippen LogP contribution in [0.15, 0.2) is 16.0 Å². The molecule has 92 valence electrons. The number of hydrogen-bond donors (Lipinski definition) is 2. The van der Waals surface area contributed by atoms with Gasteiger partial charge in [-0.15, -0.1) is 11.3 Å². The minimum Gasteiger partial charge on any atom is -0.270 e. The Hall–Kier alpha value is -0.400. The molecule has 0 saturated heterocycles. The van der Waals surface area contributed by atoms with Crippen molar-refractivity contribution >= 4 is 38.9 Å². The average molecular weight is 336 g/mol. The van der Waals surface area contributed by atoms with Crippen molar-refractivity contribution in [2.45, 2.75) is 13.0 Å². The van der Waals surface area contributed by atoms with Crippen molar-refractivity contribution in [2.24, 2.45) is 12.9 Å². The van der Waals surface area contributed by atoms with E-state index in [1.807, 2.05) is 19.4 Å². The fourth-order valence-electron chi connectivity index (χ4n) is 1.67. The molecule has 3 N–H and O–H groups in total. The summed E-state index contributed by atoms with van der Waals surface area (Å²) in [4.78, 5) is 0.996. The van der Waals surface area contributed by atoms with Crippen LogP contribution in [0.1, 0.15) is 22.2 Å². The normalized spacial score (nSPS) is 13.0. The van der Waals surface area contributed by atoms with Gasteiger partial charge in [-0.25, -0.2) is 5.43 Å². The molecule has 0 aliphatic carbocycles. The molecule has 2 aromatic heterocycles. The molecule has 0 aliphatic heterocycles. The van der Waals surface area contributed by atoms with Gasteiger partial charge in [-0.05, 0) is 33.8 Å². The van der Waals surface area contributed by atoms with Gasteiger partial charge in [-0.2, -0.15) is 5.10 Å². The molecule has 1 unspecified atom stereocenters. The zero-order chi connectivity index (χ0) is 12.6. The molecule has 2 aromatic rings. The van der Waals surface area contributed by atoms with E-state index in [2.05, 4.69) is 26.5 Å². The lowest BCUT2D eigenvalue weighted by Gasteiger charge is -2.16. The highest BCUT2D eigenvalue weighted by Crippen LogP contribution is 2.37. The highest BCUT2D eigenvalue weighted by molar-refractivity contribution is 9.10. The average Bonchev–Trinajstić information content (AvgIpc) is 2.79. The van der Waals surface area contributed by atoms with Crippen molar-refractivity contribution in [2.75, 3.05) is 0 Å². The first-order valence-corrected chi connectivity index (χ1v) is 6.98. The first-order valence-electron chi connectivity index (χ1n) is 4.93. The Morgan fingerprint density at radius 2 is 2.35 bits per heavy atom. The van der Waals surface area contributed by atoms with E-state index in [1.54, 1.807) is 22.2 Å². The van der Waals surface area contributed by atoms with Crippen LogP contribution in [-0.2, 0) is 7.05 Å². The summed E-state index contributed by atoms with van der Waals surface area (Å²) in [5.41, 5.74) is 4.81. The Bertz CT molecular complexity index is 517. The number of thiophene rings is 1. The van der Waals surface area contributed by atoms with E-state index in [4.69, 9.17) is 17.4 Å². The van der Waals surface area contributed by atoms with Gasteiger partial charge in [-0.3, -0.25) is 10.5 Å². The Morgan fingerprint density at radius 1 is 1.65 bits per heavy atom. The van der Waals surface area contributed by atoms with Gasteiger partial charge in [0.05, 0.1) is 27.4 Å². The van der Waals surface area contributed by atoms with E-state index in [9.17, 15) is 0 Å². The van der Waals surface area contributed by atoms with Crippen LogP contribution in [0.25, 0.3) is 0 Å². The summed E-state index contributed by atoms with van der Waals surface area (Å²) in [5, 5.41) is 6.96. The number of rotatable bonds is 3. The number of nitrogens with two attached hydrogens (primary N) is 1. The predicted molar refractivity (Wildman–Crippen MR) is 74.1 cm³/mol. The van der Waals surface area contributed by atoms with Gasteiger partial charge < -0.3 is 0 Å². The molecule has 0 spiro atoms. The lowest BCUT2D eigenvalue weighted by Crippen LogP contribution is -2.30. The maximum absolute atomic E-state index is 6.27. The number of hydrogen-bond acceptors (Lipinski definition) is 4. The molecule has 0 bridgehead atoms. The second kappa shape index (κ2) is 5.07. The van der Waals surface area contributed by atoms with Crippen LogP contribution >= 0.6 is 38.9 Å². The summed E-state index contributed by atoms with van der Waals surface area (Å²) in [5.74, 6) is 5.65. The molecular formula is C10H12BrClN4S. The number of hydrazine groups is 1. The molecule has 2 rings (SSSR count). The monoisotopic (exact) mass is 334 g/mol. The van der Waals surface area contributed by atoms with Crippen molar-refractivity contribution in [1.29, 1.82) is 0 Å². The molecule has 0 saturated carbocycles. The lowest BCUT2D eigenvalue weighted by atomic mass is 10.1. The van der Waals surface area contributed by atoms with Crippen molar-refractivity contribution in [3.05, 3.63) is 37.2 Å². The Balaban J connectivity index is 2.51. The Kier molecular flexibility index (Phi) is 3.89. The van der Waals surface area contributed by atoms with Crippen molar-refractivity contribution in [3.8, 4) is 0 Å². The summed E-state index contributed by atoms with van der Waals surface area (Å²) in [6, 6.07) is -0.164. The van der Waals surface area contributed by atoms with E-state index in [0.29, 0.717) is 0 Å². The van der Waals surface area contributed by atoms with Crippen LogP contribution in [0.2, 0.25) is 5.02 Å². The minimum atomic E-state index is -0.164. The molecule has 7 heteroatoms. The van der Waals surface area contributed by atoms with Crippen molar-refractivity contribution < 1.29 is 0 Å². The van der Waals surface area contributed by atoms with E-state index < -0.39 is 0 Å². The smallest absolute Gasteiger partial charge is 0.0996 e. The largest absolute Gasteiger partial charge is 0.270 e. The highest BCUT2D eigenvalue weighted by Gasteiger charge is 2.23. The maximum Gasteiger partial charge on any atom is 0.0996 e.